The minimum Gasteiger partial charge on any atom is -0.491 e. The fourth-order valence-corrected chi connectivity index (χ4v) is 2.26. The second-order valence-electron chi connectivity index (χ2n) is 4.87. The average Bonchev–Trinajstić information content (AvgIpc) is 2.42. The second-order valence-corrected chi connectivity index (χ2v) is 5.66. The van der Waals surface area contributed by atoms with Gasteiger partial charge in [0.2, 0.25) is 0 Å². The molecule has 0 heterocycles. The molecule has 1 unspecified atom stereocenters. The van der Waals surface area contributed by atoms with Crippen molar-refractivity contribution in [1.82, 2.24) is 0 Å². The van der Waals surface area contributed by atoms with Crippen molar-refractivity contribution in [2.24, 2.45) is 0 Å². The summed E-state index contributed by atoms with van der Waals surface area (Å²) in [5.41, 5.74) is 9.32. The third-order valence-electron chi connectivity index (χ3n) is 3.11. The quantitative estimate of drug-likeness (QED) is 0.836. The van der Waals surface area contributed by atoms with Crippen molar-refractivity contribution in [1.29, 1.82) is 0 Å². The van der Waals surface area contributed by atoms with E-state index in [4.69, 9.17) is 10.5 Å². The molecule has 0 aromatic heterocycles. The molecule has 0 aliphatic heterocycles. The van der Waals surface area contributed by atoms with Crippen molar-refractivity contribution in [3.63, 3.8) is 0 Å². The van der Waals surface area contributed by atoms with Crippen LogP contribution in [-0.2, 0) is 0 Å². The Kier molecular flexibility index (Phi) is 4.68. The van der Waals surface area contributed by atoms with Gasteiger partial charge in [-0.1, -0.05) is 28.1 Å². The van der Waals surface area contributed by atoms with E-state index in [1.165, 1.54) is 0 Å². The molecule has 0 amide bonds. The number of benzene rings is 2. The minimum absolute atomic E-state index is 0.198. The maximum atomic E-state index is 10.1. The van der Waals surface area contributed by atoms with E-state index in [0.717, 1.165) is 26.9 Å². The van der Waals surface area contributed by atoms with Crippen LogP contribution in [-0.4, -0.2) is 11.7 Å². The molecule has 0 aliphatic carbocycles. The third-order valence-corrected chi connectivity index (χ3v) is 4.36. The van der Waals surface area contributed by atoms with Crippen molar-refractivity contribution in [2.45, 2.75) is 20.0 Å². The average molecular weight is 336 g/mol. The molecule has 2 rings (SSSR count). The summed E-state index contributed by atoms with van der Waals surface area (Å²) in [6, 6.07) is 11.1. The van der Waals surface area contributed by atoms with Crippen LogP contribution in [0.1, 0.15) is 22.8 Å². The predicted molar refractivity (Wildman–Crippen MR) is 84.9 cm³/mol. The number of aliphatic hydroxyl groups excluding tert-OH is 1. The van der Waals surface area contributed by atoms with E-state index in [-0.39, 0.29) is 6.61 Å². The molecule has 0 aliphatic rings. The molecule has 0 saturated carbocycles. The summed E-state index contributed by atoms with van der Waals surface area (Å²) in [6.45, 7) is 4.22. The van der Waals surface area contributed by atoms with Gasteiger partial charge >= 0.3 is 0 Å². The van der Waals surface area contributed by atoms with Gasteiger partial charge in [-0.15, -0.1) is 0 Å². The number of anilines is 1. The van der Waals surface area contributed by atoms with E-state index in [1.54, 1.807) is 12.1 Å². The standard InChI is InChI=1S/C16H18BrNO2/c1-10-6-14(7-11(2)16(10)17)20-9-15(19)12-4-3-5-13(18)8-12/h3-8,15,19H,9,18H2,1-2H3. The van der Waals surface area contributed by atoms with Gasteiger partial charge in [0.25, 0.3) is 0 Å². The predicted octanol–water partition coefficient (Wildman–Crippen LogP) is 3.76. The van der Waals surface area contributed by atoms with Crippen LogP contribution in [0.15, 0.2) is 40.9 Å². The SMILES string of the molecule is Cc1cc(OCC(O)c2cccc(N)c2)cc(C)c1Br. The summed E-state index contributed by atoms with van der Waals surface area (Å²) in [5, 5.41) is 10.1. The molecule has 2 aromatic rings. The molecular formula is C16H18BrNO2. The smallest absolute Gasteiger partial charge is 0.120 e. The molecule has 0 saturated heterocycles. The van der Waals surface area contributed by atoms with E-state index in [9.17, 15) is 5.11 Å². The molecule has 1 atom stereocenters. The van der Waals surface area contributed by atoms with Crippen LogP contribution in [0.25, 0.3) is 0 Å². The zero-order valence-corrected chi connectivity index (χ0v) is 13.1. The number of hydrogen-bond donors (Lipinski definition) is 2. The summed E-state index contributed by atoms with van der Waals surface area (Å²) >= 11 is 3.52. The van der Waals surface area contributed by atoms with Crippen molar-refractivity contribution < 1.29 is 9.84 Å². The Morgan fingerprint density at radius 1 is 1.20 bits per heavy atom. The van der Waals surface area contributed by atoms with E-state index < -0.39 is 6.10 Å². The largest absolute Gasteiger partial charge is 0.491 e. The molecule has 0 radical (unpaired) electrons. The van der Waals surface area contributed by atoms with Gasteiger partial charge in [-0.25, -0.2) is 0 Å². The number of ether oxygens (including phenoxy) is 1. The fourth-order valence-electron chi connectivity index (χ4n) is 2.03. The Morgan fingerprint density at radius 2 is 1.85 bits per heavy atom. The highest BCUT2D eigenvalue weighted by molar-refractivity contribution is 9.10. The van der Waals surface area contributed by atoms with Crippen LogP contribution in [0.3, 0.4) is 0 Å². The zero-order chi connectivity index (χ0) is 14.7. The molecule has 4 heteroatoms. The summed E-state index contributed by atoms with van der Waals surface area (Å²) in [6.07, 6.45) is -0.692. The van der Waals surface area contributed by atoms with Crippen molar-refractivity contribution in [2.75, 3.05) is 12.3 Å². The van der Waals surface area contributed by atoms with Gasteiger partial charge in [-0.3, -0.25) is 0 Å². The first-order chi connectivity index (χ1) is 9.47. The maximum absolute atomic E-state index is 10.1. The summed E-state index contributed by atoms with van der Waals surface area (Å²) < 4.78 is 6.75. The number of rotatable bonds is 4. The van der Waals surface area contributed by atoms with Crippen LogP contribution in [0, 0.1) is 13.8 Å². The van der Waals surface area contributed by atoms with E-state index in [1.807, 2.05) is 38.1 Å². The number of nitrogen functional groups attached to an aromatic ring is 1. The molecule has 3 nitrogen and oxygen atoms in total. The van der Waals surface area contributed by atoms with Gasteiger partial charge in [0.05, 0.1) is 0 Å². The highest BCUT2D eigenvalue weighted by atomic mass is 79.9. The molecule has 0 fully saturated rings. The van der Waals surface area contributed by atoms with Gasteiger partial charge in [0.1, 0.15) is 18.5 Å². The molecular weight excluding hydrogens is 318 g/mol. The third kappa shape index (κ3) is 3.52. The van der Waals surface area contributed by atoms with Gasteiger partial charge in [-0.2, -0.15) is 0 Å². The number of nitrogens with two attached hydrogens (primary N) is 1. The molecule has 106 valence electrons. The Labute approximate surface area is 127 Å². The first-order valence-corrected chi connectivity index (χ1v) is 7.19. The van der Waals surface area contributed by atoms with Crippen molar-refractivity contribution in [3.8, 4) is 5.75 Å². The van der Waals surface area contributed by atoms with E-state index in [2.05, 4.69) is 15.9 Å². The van der Waals surface area contributed by atoms with E-state index in [0.29, 0.717) is 5.69 Å². The monoisotopic (exact) mass is 335 g/mol. The second kappa shape index (κ2) is 6.29. The highest BCUT2D eigenvalue weighted by Crippen LogP contribution is 2.27. The lowest BCUT2D eigenvalue weighted by Gasteiger charge is -2.14. The molecule has 20 heavy (non-hydrogen) atoms. The Morgan fingerprint density at radius 3 is 2.45 bits per heavy atom. The Bertz CT molecular complexity index is 590. The first kappa shape index (κ1) is 14.9. The summed E-state index contributed by atoms with van der Waals surface area (Å²) in [7, 11) is 0. The molecule has 0 bridgehead atoms. The van der Waals surface area contributed by atoms with Crippen LogP contribution < -0.4 is 10.5 Å². The van der Waals surface area contributed by atoms with Crippen LogP contribution in [0.2, 0.25) is 0 Å². The molecule has 3 N–H and O–H groups in total. The number of hydrogen-bond acceptors (Lipinski definition) is 3. The van der Waals surface area contributed by atoms with Crippen LogP contribution in [0.4, 0.5) is 5.69 Å². The summed E-state index contributed by atoms with van der Waals surface area (Å²) in [4.78, 5) is 0. The van der Waals surface area contributed by atoms with Crippen LogP contribution in [0.5, 0.6) is 5.75 Å². The Balaban J connectivity index is 2.05. The fraction of sp³-hybridized carbons (Fsp3) is 0.250. The number of aryl methyl sites for hydroxylation is 2. The molecule has 2 aromatic carbocycles. The van der Waals surface area contributed by atoms with Gasteiger partial charge in [-0.05, 0) is 54.8 Å². The lowest BCUT2D eigenvalue weighted by atomic mass is 10.1. The van der Waals surface area contributed by atoms with Crippen molar-refractivity contribution in [3.05, 3.63) is 57.6 Å². The highest BCUT2D eigenvalue weighted by Gasteiger charge is 2.10. The van der Waals surface area contributed by atoms with E-state index >= 15 is 0 Å². The maximum Gasteiger partial charge on any atom is 0.120 e. The normalized spacial score (nSPS) is 12.2. The summed E-state index contributed by atoms with van der Waals surface area (Å²) in [5.74, 6) is 0.756. The van der Waals surface area contributed by atoms with Gasteiger partial charge in [0, 0.05) is 10.2 Å². The van der Waals surface area contributed by atoms with Crippen molar-refractivity contribution >= 4 is 21.6 Å². The minimum atomic E-state index is -0.692. The molecule has 0 spiro atoms. The lowest BCUT2D eigenvalue weighted by molar-refractivity contribution is 0.108. The Hall–Kier alpha value is -1.52. The lowest BCUT2D eigenvalue weighted by Crippen LogP contribution is -2.10. The number of halogens is 1. The topological polar surface area (TPSA) is 55.5 Å². The van der Waals surface area contributed by atoms with Gasteiger partial charge < -0.3 is 15.6 Å². The first-order valence-electron chi connectivity index (χ1n) is 6.40. The van der Waals surface area contributed by atoms with Crippen LogP contribution >= 0.6 is 15.9 Å². The number of aliphatic hydroxyl groups is 1. The van der Waals surface area contributed by atoms with Gasteiger partial charge in [0.15, 0.2) is 0 Å². The zero-order valence-electron chi connectivity index (χ0n) is 11.6.